The maximum absolute atomic E-state index is 11.5. The summed E-state index contributed by atoms with van der Waals surface area (Å²) in [5.41, 5.74) is 1.86. The zero-order valence-electron chi connectivity index (χ0n) is 7.26. The van der Waals surface area contributed by atoms with E-state index in [1.807, 2.05) is 12.1 Å². The van der Waals surface area contributed by atoms with E-state index in [2.05, 4.69) is 15.9 Å². The topological polar surface area (TPSA) is 26.3 Å². The smallest absolute Gasteiger partial charge is 0.167 e. The Morgan fingerprint density at radius 1 is 1.38 bits per heavy atom. The molecule has 0 atom stereocenters. The number of hydrogen-bond donors (Lipinski definition) is 0. The molecule has 0 heterocycles. The predicted octanol–water partition coefficient (Wildman–Crippen LogP) is 2.59. The van der Waals surface area contributed by atoms with Gasteiger partial charge >= 0.3 is 0 Å². The summed E-state index contributed by atoms with van der Waals surface area (Å²) < 4.78 is 6.13. The lowest BCUT2D eigenvalue weighted by molar-refractivity contribution is 0.0992. The molecule has 0 saturated carbocycles. The van der Waals surface area contributed by atoms with Gasteiger partial charge in [0.05, 0.1) is 12.7 Å². The van der Waals surface area contributed by atoms with Gasteiger partial charge in [0.15, 0.2) is 5.78 Å². The van der Waals surface area contributed by atoms with Crippen molar-refractivity contribution < 1.29 is 9.53 Å². The molecule has 1 aliphatic rings. The number of benzene rings is 1. The summed E-state index contributed by atoms with van der Waals surface area (Å²) in [5, 5.41) is 0. The summed E-state index contributed by atoms with van der Waals surface area (Å²) in [6, 6.07) is 3.82. The van der Waals surface area contributed by atoms with E-state index in [1.165, 1.54) is 0 Å². The van der Waals surface area contributed by atoms with Crippen LogP contribution in [0.25, 0.3) is 0 Å². The minimum absolute atomic E-state index is 0.194. The van der Waals surface area contributed by atoms with Gasteiger partial charge < -0.3 is 4.74 Å². The highest BCUT2D eigenvalue weighted by Crippen LogP contribution is 2.33. The zero-order chi connectivity index (χ0) is 9.42. The molecule has 68 valence electrons. The number of carbonyl (C=O) groups is 1. The molecule has 0 unspecified atom stereocenters. The Hall–Kier alpha value is -0.830. The van der Waals surface area contributed by atoms with Crippen LogP contribution in [0.3, 0.4) is 0 Å². The van der Waals surface area contributed by atoms with E-state index in [0.29, 0.717) is 12.2 Å². The molecule has 1 aliphatic carbocycles. The summed E-state index contributed by atoms with van der Waals surface area (Å²) in [5.74, 6) is 0.881. The van der Waals surface area contributed by atoms with Gasteiger partial charge in [-0.3, -0.25) is 4.79 Å². The number of ether oxygens (including phenoxy) is 1. The molecule has 0 aliphatic heterocycles. The van der Waals surface area contributed by atoms with E-state index >= 15 is 0 Å². The minimum Gasteiger partial charge on any atom is -0.496 e. The second kappa shape index (κ2) is 3.14. The van der Waals surface area contributed by atoms with E-state index in [-0.39, 0.29) is 5.78 Å². The number of carbonyl (C=O) groups excluding carboxylic acids is 1. The zero-order valence-corrected chi connectivity index (χ0v) is 8.85. The summed E-state index contributed by atoms with van der Waals surface area (Å²) in [4.78, 5) is 11.5. The van der Waals surface area contributed by atoms with Crippen LogP contribution in [0.15, 0.2) is 16.6 Å². The largest absolute Gasteiger partial charge is 0.496 e. The summed E-state index contributed by atoms with van der Waals surface area (Å²) in [7, 11) is 1.59. The number of ketones is 1. The van der Waals surface area contributed by atoms with Crippen LogP contribution in [0.5, 0.6) is 5.75 Å². The Morgan fingerprint density at radius 3 is 2.85 bits per heavy atom. The molecule has 2 nitrogen and oxygen atoms in total. The van der Waals surface area contributed by atoms with Crippen molar-refractivity contribution in [2.45, 2.75) is 12.8 Å². The first kappa shape index (κ1) is 8.75. The molecule has 0 fully saturated rings. The third-order valence-electron chi connectivity index (χ3n) is 2.27. The minimum atomic E-state index is 0.194. The first-order valence-corrected chi connectivity index (χ1v) is 4.91. The highest BCUT2D eigenvalue weighted by atomic mass is 79.9. The van der Waals surface area contributed by atoms with Crippen molar-refractivity contribution in [3.8, 4) is 5.75 Å². The molecule has 0 bridgehead atoms. The van der Waals surface area contributed by atoms with Gasteiger partial charge in [-0.15, -0.1) is 0 Å². The standard InChI is InChI=1S/C10H9BrO2/c1-13-9-5-7(11)4-6-2-3-8(12)10(6)9/h4-5H,2-3H2,1H3. The fourth-order valence-electron chi connectivity index (χ4n) is 1.68. The Morgan fingerprint density at radius 2 is 2.15 bits per heavy atom. The van der Waals surface area contributed by atoms with Crippen LogP contribution in [-0.2, 0) is 6.42 Å². The first-order chi connectivity index (χ1) is 6.22. The Balaban J connectivity index is 2.64. The highest BCUT2D eigenvalue weighted by molar-refractivity contribution is 9.10. The van der Waals surface area contributed by atoms with Gasteiger partial charge in [-0.05, 0) is 24.1 Å². The van der Waals surface area contributed by atoms with Gasteiger partial charge in [-0.25, -0.2) is 0 Å². The molecule has 13 heavy (non-hydrogen) atoms. The van der Waals surface area contributed by atoms with Gasteiger partial charge in [-0.1, -0.05) is 15.9 Å². The first-order valence-electron chi connectivity index (χ1n) is 4.12. The van der Waals surface area contributed by atoms with Crippen molar-refractivity contribution in [3.63, 3.8) is 0 Å². The molecule has 0 N–H and O–H groups in total. The lowest BCUT2D eigenvalue weighted by atomic mass is 10.1. The number of halogens is 1. The van der Waals surface area contributed by atoms with E-state index in [1.54, 1.807) is 7.11 Å². The molecule has 1 aromatic rings. The molecule has 0 spiro atoms. The van der Waals surface area contributed by atoms with Crippen molar-refractivity contribution in [3.05, 3.63) is 27.7 Å². The van der Waals surface area contributed by atoms with Crippen LogP contribution in [-0.4, -0.2) is 12.9 Å². The Kier molecular flexibility index (Phi) is 2.12. The SMILES string of the molecule is COc1cc(Br)cc2c1C(=O)CC2. The average molecular weight is 241 g/mol. The van der Waals surface area contributed by atoms with Crippen LogP contribution in [0.1, 0.15) is 22.3 Å². The van der Waals surface area contributed by atoms with Gasteiger partial charge in [0, 0.05) is 10.9 Å². The molecule has 0 amide bonds. The van der Waals surface area contributed by atoms with Crippen LogP contribution in [0.4, 0.5) is 0 Å². The average Bonchev–Trinajstić information content (AvgIpc) is 2.46. The number of fused-ring (bicyclic) bond motifs is 1. The maximum Gasteiger partial charge on any atom is 0.167 e. The molecule has 0 radical (unpaired) electrons. The van der Waals surface area contributed by atoms with Crippen molar-refractivity contribution in [1.29, 1.82) is 0 Å². The van der Waals surface area contributed by atoms with Crippen LogP contribution in [0.2, 0.25) is 0 Å². The fourth-order valence-corrected chi connectivity index (χ4v) is 2.17. The van der Waals surface area contributed by atoms with Crippen molar-refractivity contribution >= 4 is 21.7 Å². The number of aryl methyl sites for hydroxylation is 1. The lowest BCUT2D eigenvalue weighted by Crippen LogP contribution is -1.96. The van der Waals surface area contributed by atoms with E-state index in [0.717, 1.165) is 22.0 Å². The van der Waals surface area contributed by atoms with Crippen molar-refractivity contribution in [2.24, 2.45) is 0 Å². The van der Waals surface area contributed by atoms with Crippen LogP contribution < -0.4 is 4.74 Å². The number of Topliss-reactive ketones (excluding diaryl/α,β-unsaturated/α-hetero) is 1. The number of hydrogen-bond acceptors (Lipinski definition) is 2. The monoisotopic (exact) mass is 240 g/mol. The summed E-state index contributed by atoms with van der Waals surface area (Å²) >= 11 is 3.39. The van der Waals surface area contributed by atoms with E-state index in [9.17, 15) is 4.79 Å². The summed E-state index contributed by atoms with van der Waals surface area (Å²) in [6.45, 7) is 0. The number of rotatable bonds is 1. The maximum atomic E-state index is 11.5. The quantitative estimate of drug-likeness (QED) is 0.755. The molecule has 1 aromatic carbocycles. The fraction of sp³-hybridized carbons (Fsp3) is 0.300. The third kappa shape index (κ3) is 1.37. The summed E-state index contributed by atoms with van der Waals surface area (Å²) in [6.07, 6.45) is 1.45. The molecule has 3 heteroatoms. The Bertz CT molecular complexity index is 371. The van der Waals surface area contributed by atoms with E-state index < -0.39 is 0 Å². The normalized spacial score (nSPS) is 14.5. The highest BCUT2D eigenvalue weighted by Gasteiger charge is 2.23. The predicted molar refractivity (Wildman–Crippen MR) is 53.3 cm³/mol. The third-order valence-corrected chi connectivity index (χ3v) is 2.73. The molecule has 0 saturated heterocycles. The number of methoxy groups -OCH3 is 1. The second-order valence-corrected chi connectivity index (χ2v) is 3.98. The van der Waals surface area contributed by atoms with Crippen molar-refractivity contribution in [1.82, 2.24) is 0 Å². The molecule has 0 aromatic heterocycles. The second-order valence-electron chi connectivity index (χ2n) is 3.07. The van der Waals surface area contributed by atoms with Crippen LogP contribution in [0, 0.1) is 0 Å². The molecule has 2 rings (SSSR count). The van der Waals surface area contributed by atoms with Gasteiger partial charge in [0.25, 0.3) is 0 Å². The lowest BCUT2D eigenvalue weighted by Gasteiger charge is -2.06. The Labute approximate surface area is 85.0 Å². The van der Waals surface area contributed by atoms with Crippen molar-refractivity contribution in [2.75, 3.05) is 7.11 Å². The van der Waals surface area contributed by atoms with Crippen LogP contribution >= 0.6 is 15.9 Å². The molecular weight excluding hydrogens is 232 g/mol. The van der Waals surface area contributed by atoms with Gasteiger partial charge in [0.2, 0.25) is 0 Å². The van der Waals surface area contributed by atoms with Gasteiger partial charge in [-0.2, -0.15) is 0 Å². The van der Waals surface area contributed by atoms with Gasteiger partial charge in [0.1, 0.15) is 5.75 Å². The molecular formula is C10H9BrO2. The van der Waals surface area contributed by atoms with E-state index in [4.69, 9.17) is 4.74 Å².